The molecule has 8 heteroatoms. The second kappa shape index (κ2) is 10.7. The van der Waals surface area contributed by atoms with E-state index in [1.165, 1.54) is 4.31 Å². The number of hydrogen-bond acceptors (Lipinski definition) is 5. The van der Waals surface area contributed by atoms with Gasteiger partial charge in [0, 0.05) is 25.3 Å². The van der Waals surface area contributed by atoms with Gasteiger partial charge in [-0.2, -0.15) is 4.31 Å². The second-order valence-electron chi connectivity index (χ2n) is 7.24. The lowest BCUT2D eigenvalue weighted by molar-refractivity contribution is -0.123. The van der Waals surface area contributed by atoms with E-state index in [9.17, 15) is 13.2 Å². The van der Waals surface area contributed by atoms with Crippen LogP contribution in [-0.4, -0.2) is 58.1 Å². The minimum atomic E-state index is -3.52. The molecule has 1 aliphatic heterocycles. The van der Waals surface area contributed by atoms with Crippen molar-refractivity contribution in [3.05, 3.63) is 54.1 Å². The summed E-state index contributed by atoms with van der Waals surface area (Å²) in [7, 11) is -3.52. The van der Waals surface area contributed by atoms with Crippen LogP contribution in [0.3, 0.4) is 0 Å². The Morgan fingerprint density at radius 3 is 2.52 bits per heavy atom. The first-order valence-electron chi connectivity index (χ1n) is 10.7. The molecule has 2 aromatic rings. The van der Waals surface area contributed by atoms with Gasteiger partial charge in [-0.3, -0.25) is 4.79 Å². The molecular formula is C23H30N2O5S. The Kier molecular flexibility index (Phi) is 8.06. The number of para-hydroxylation sites is 1. The SMILES string of the molecule is CCN(CC)S(=O)(=O)c1ccc2c(c1)CCCN2C(=O)COCCOc1ccccc1. The van der Waals surface area contributed by atoms with E-state index in [-0.39, 0.29) is 17.4 Å². The molecule has 1 aliphatic rings. The summed E-state index contributed by atoms with van der Waals surface area (Å²) in [5.41, 5.74) is 1.64. The molecule has 0 unspecified atom stereocenters. The summed E-state index contributed by atoms with van der Waals surface area (Å²) in [4.78, 5) is 14.7. The Morgan fingerprint density at radius 1 is 1.06 bits per heavy atom. The molecule has 1 heterocycles. The number of benzene rings is 2. The average molecular weight is 447 g/mol. The first kappa shape index (κ1) is 23.2. The van der Waals surface area contributed by atoms with Crippen LogP contribution in [0.4, 0.5) is 5.69 Å². The van der Waals surface area contributed by atoms with E-state index in [0.29, 0.717) is 32.8 Å². The van der Waals surface area contributed by atoms with Gasteiger partial charge in [0.15, 0.2) is 0 Å². The van der Waals surface area contributed by atoms with Gasteiger partial charge in [-0.25, -0.2) is 8.42 Å². The van der Waals surface area contributed by atoms with Gasteiger partial charge in [0.2, 0.25) is 10.0 Å². The zero-order chi connectivity index (χ0) is 22.3. The quantitative estimate of drug-likeness (QED) is 0.524. The van der Waals surface area contributed by atoms with E-state index in [0.717, 1.165) is 29.8 Å². The molecule has 0 N–H and O–H groups in total. The van der Waals surface area contributed by atoms with E-state index in [4.69, 9.17) is 9.47 Å². The Labute approximate surface area is 184 Å². The Balaban J connectivity index is 1.60. The van der Waals surface area contributed by atoms with Crippen LogP contribution in [-0.2, 0) is 26.0 Å². The molecular weight excluding hydrogens is 416 g/mol. The minimum absolute atomic E-state index is 0.0446. The molecule has 2 aromatic carbocycles. The van der Waals surface area contributed by atoms with Crippen molar-refractivity contribution in [3.63, 3.8) is 0 Å². The summed E-state index contributed by atoms with van der Waals surface area (Å²) >= 11 is 0. The molecule has 0 fully saturated rings. The largest absolute Gasteiger partial charge is 0.491 e. The van der Waals surface area contributed by atoms with Crippen molar-refractivity contribution in [2.24, 2.45) is 0 Å². The highest BCUT2D eigenvalue weighted by molar-refractivity contribution is 7.89. The highest BCUT2D eigenvalue weighted by atomic mass is 32.2. The van der Waals surface area contributed by atoms with Crippen LogP contribution >= 0.6 is 0 Å². The van der Waals surface area contributed by atoms with Crippen LogP contribution in [0.25, 0.3) is 0 Å². The normalized spacial score (nSPS) is 13.8. The average Bonchev–Trinajstić information content (AvgIpc) is 2.79. The maximum atomic E-state index is 12.8. The molecule has 0 aromatic heterocycles. The van der Waals surface area contributed by atoms with Crippen molar-refractivity contribution < 1.29 is 22.7 Å². The molecule has 3 rings (SSSR count). The van der Waals surface area contributed by atoms with Gasteiger partial charge < -0.3 is 14.4 Å². The highest BCUT2D eigenvalue weighted by Gasteiger charge is 2.27. The van der Waals surface area contributed by atoms with Crippen molar-refractivity contribution in [2.75, 3.05) is 44.4 Å². The molecule has 0 radical (unpaired) electrons. The zero-order valence-corrected chi connectivity index (χ0v) is 18.9. The van der Waals surface area contributed by atoms with Crippen LogP contribution in [0.15, 0.2) is 53.4 Å². The van der Waals surface area contributed by atoms with Crippen molar-refractivity contribution >= 4 is 21.6 Å². The van der Waals surface area contributed by atoms with E-state index in [1.54, 1.807) is 23.1 Å². The molecule has 0 saturated heterocycles. The van der Waals surface area contributed by atoms with E-state index < -0.39 is 10.0 Å². The molecule has 1 amide bonds. The lowest BCUT2D eigenvalue weighted by Crippen LogP contribution is -2.38. The molecule has 0 aliphatic carbocycles. The zero-order valence-electron chi connectivity index (χ0n) is 18.1. The number of amides is 1. The third-order valence-electron chi connectivity index (χ3n) is 5.28. The predicted octanol–water partition coefficient (Wildman–Crippen LogP) is 3.09. The van der Waals surface area contributed by atoms with Crippen LogP contribution in [0.5, 0.6) is 5.75 Å². The second-order valence-corrected chi connectivity index (χ2v) is 9.18. The number of carbonyl (C=O) groups excluding carboxylic acids is 1. The molecule has 0 saturated carbocycles. The lowest BCUT2D eigenvalue weighted by Gasteiger charge is -2.30. The lowest BCUT2D eigenvalue weighted by atomic mass is 10.0. The number of fused-ring (bicyclic) bond motifs is 1. The predicted molar refractivity (Wildman–Crippen MR) is 120 cm³/mol. The summed E-state index contributed by atoms with van der Waals surface area (Å²) in [6, 6.07) is 14.5. The number of ether oxygens (including phenoxy) is 2. The number of carbonyl (C=O) groups is 1. The number of hydrogen-bond donors (Lipinski definition) is 0. The van der Waals surface area contributed by atoms with Gasteiger partial charge >= 0.3 is 0 Å². The molecule has 7 nitrogen and oxygen atoms in total. The number of anilines is 1. The van der Waals surface area contributed by atoms with E-state index in [2.05, 4.69) is 0 Å². The van der Waals surface area contributed by atoms with Gasteiger partial charge in [-0.1, -0.05) is 32.0 Å². The smallest absolute Gasteiger partial charge is 0.252 e. The first-order valence-corrected chi connectivity index (χ1v) is 12.1. The topological polar surface area (TPSA) is 76.2 Å². The van der Waals surface area contributed by atoms with E-state index >= 15 is 0 Å². The fraction of sp³-hybridized carbons (Fsp3) is 0.435. The summed E-state index contributed by atoms with van der Waals surface area (Å²) in [5, 5.41) is 0. The molecule has 0 bridgehead atoms. The fourth-order valence-corrected chi connectivity index (χ4v) is 5.19. The van der Waals surface area contributed by atoms with E-state index in [1.807, 2.05) is 44.2 Å². The van der Waals surface area contributed by atoms with Gasteiger partial charge in [0.25, 0.3) is 5.91 Å². The van der Waals surface area contributed by atoms with Crippen LogP contribution < -0.4 is 9.64 Å². The Hall–Kier alpha value is -2.42. The Bertz CT molecular complexity index is 975. The standard InChI is InChI=1S/C23H30N2O5S/c1-3-24(4-2)31(27,28)21-12-13-22-19(17-21)9-8-14-25(22)23(26)18-29-15-16-30-20-10-6-5-7-11-20/h5-7,10-13,17H,3-4,8-9,14-16,18H2,1-2H3. The third-order valence-corrected chi connectivity index (χ3v) is 7.32. The van der Waals surface area contributed by atoms with Gasteiger partial charge in [-0.05, 0) is 48.7 Å². The van der Waals surface area contributed by atoms with Crippen LogP contribution in [0, 0.1) is 0 Å². The van der Waals surface area contributed by atoms with Crippen molar-refractivity contribution in [3.8, 4) is 5.75 Å². The maximum absolute atomic E-state index is 12.8. The molecule has 168 valence electrons. The molecule has 0 spiro atoms. The van der Waals surface area contributed by atoms with Gasteiger partial charge in [0.1, 0.15) is 19.0 Å². The fourth-order valence-electron chi connectivity index (χ4n) is 3.68. The third kappa shape index (κ3) is 5.64. The molecule has 0 atom stereocenters. The monoisotopic (exact) mass is 446 g/mol. The number of sulfonamides is 1. The van der Waals surface area contributed by atoms with Gasteiger partial charge in [-0.15, -0.1) is 0 Å². The maximum Gasteiger partial charge on any atom is 0.252 e. The summed E-state index contributed by atoms with van der Waals surface area (Å²) < 4.78 is 38.1. The number of nitrogens with zero attached hydrogens (tertiary/aromatic N) is 2. The molecule has 31 heavy (non-hydrogen) atoms. The minimum Gasteiger partial charge on any atom is -0.491 e. The number of rotatable bonds is 10. The van der Waals surface area contributed by atoms with Crippen molar-refractivity contribution in [1.82, 2.24) is 4.31 Å². The van der Waals surface area contributed by atoms with Crippen LogP contribution in [0.2, 0.25) is 0 Å². The van der Waals surface area contributed by atoms with Crippen molar-refractivity contribution in [1.29, 1.82) is 0 Å². The van der Waals surface area contributed by atoms with Gasteiger partial charge in [0.05, 0.1) is 11.5 Å². The van der Waals surface area contributed by atoms with Crippen molar-refractivity contribution in [2.45, 2.75) is 31.6 Å². The Morgan fingerprint density at radius 2 is 1.81 bits per heavy atom. The van der Waals surface area contributed by atoms with Crippen LogP contribution in [0.1, 0.15) is 25.8 Å². The summed E-state index contributed by atoms with van der Waals surface area (Å²) in [6.07, 6.45) is 1.52. The first-order chi connectivity index (χ1) is 15.0. The summed E-state index contributed by atoms with van der Waals surface area (Å²) in [5.74, 6) is 0.623. The number of aryl methyl sites for hydroxylation is 1. The highest BCUT2D eigenvalue weighted by Crippen LogP contribution is 2.30. The summed E-state index contributed by atoms with van der Waals surface area (Å²) in [6.45, 7) is 5.71.